The average Bonchev–Trinajstić information content (AvgIpc) is 2.52. The quantitative estimate of drug-likeness (QED) is 0.643. The van der Waals surface area contributed by atoms with Crippen LogP contribution in [-0.2, 0) is 11.2 Å². The number of nitrogens with one attached hydrogen (secondary N) is 1. The fourth-order valence-corrected chi connectivity index (χ4v) is 2.86. The minimum atomic E-state index is -0.508. The number of carbonyl (C=O) groups excluding carboxylic acids is 1. The van der Waals surface area contributed by atoms with Crippen LogP contribution in [0.2, 0.25) is 5.02 Å². The Morgan fingerprint density at radius 1 is 1.12 bits per heavy atom. The Morgan fingerprint density at radius 3 is 2.28 bits per heavy atom. The highest BCUT2D eigenvalue weighted by atomic mass is 79.9. The summed E-state index contributed by atoms with van der Waals surface area (Å²) in [5.74, 6) is 0.131. The van der Waals surface area contributed by atoms with E-state index in [1.807, 2.05) is 57.2 Å². The lowest BCUT2D eigenvalue weighted by atomic mass is 9.92. The minimum absolute atomic E-state index is 0.131. The number of carbonyl (C=O) groups is 1. The van der Waals surface area contributed by atoms with Crippen LogP contribution in [0.1, 0.15) is 37.8 Å². The van der Waals surface area contributed by atoms with Crippen molar-refractivity contribution in [1.29, 1.82) is 0 Å². The molecule has 0 bridgehead atoms. The molecule has 0 saturated carbocycles. The van der Waals surface area contributed by atoms with E-state index in [4.69, 9.17) is 16.3 Å². The summed E-state index contributed by atoms with van der Waals surface area (Å²) in [5, 5.41) is 3.58. The summed E-state index contributed by atoms with van der Waals surface area (Å²) < 4.78 is 6.38. The number of alkyl carbamates (subject to hydrolysis) is 1. The molecule has 1 atom stereocenters. The van der Waals surface area contributed by atoms with E-state index in [1.165, 1.54) is 5.56 Å². The Hall–Kier alpha value is -1.52. The Labute approximate surface area is 162 Å². The number of amides is 1. The van der Waals surface area contributed by atoms with Crippen LogP contribution in [0.5, 0.6) is 0 Å². The van der Waals surface area contributed by atoms with Crippen molar-refractivity contribution >= 4 is 33.6 Å². The first-order chi connectivity index (χ1) is 11.7. The molecule has 0 fully saturated rings. The second kappa shape index (κ2) is 8.72. The van der Waals surface area contributed by atoms with E-state index in [-0.39, 0.29) is 5.92 Å². The first-order valence-electron chi connectivity index (χ1n) is 8.20. The summed E-state index contributed by atoms with van der Waals surface area (Å²) in [6.45, 7) is 6.05. The van der Waals surface area contributed by atoms with Crippen molar-refractivity contribution in [3.8, 4) is 0 Å². The standard InChI is InChI=1S/C20H23BrClNO2/c1-20(2,3)25-19(24)23-13-16(15-6-10-18(22)11-7-15)12-14-4-8-17(21)9-5-14/h4-11,16H,12-13H2,1-3H3,(H,23,24)/t16-/m0/s1. The van der Waals surface area contributed by atoms with Gasteiger partial charge in [0.15, 0.2) is 0 Å². The normalized spacial score (nSPS) is 12.5. The van der Waals surface area contributed by atoms with Crippen LogP contribution < -0.4 is 5.32 Å². The highest BCUT2D eigenvalue weighted by molar-refractivity contribution is 9.10. The van der Waals surface area contributed by atoms with Crippen LogP contribution in [-0.4, -0.2) is 18.2 Å². The lowest BCUT2D eigenvalue weighted by molar-refractivity contribution is 0.0524. The zero-order valence-corrected chi connectivity index (χ0v) is 17.0. The molecule has 2 aromatic rings. The first-order valence-corrected chi connectivity index (χ1v) is 9.37. The smallest absolute Gasteiger partial charge is 0.407 e. The van der Waals surface area contributed by atoms with Gasteiger partial charge in [0.05, 0.1) is 0 Å². The minimum Gasteiger partial charge on any atom is -0.444 e. The van der Waals surface area contributed by atoms with E-state index in [2.05, 4.69) is 33.4 Å². The van der Waals surface area contributed by atoms with Gasteiger partial charge in [0.1, 0.15) is 5.60 Å². The molecule has 1 N–H and O–H groups in total. The fraction of sp³-hybridized carbons (Fsp3) is 0.350. The predicted molar refractivity (Wildman–Crippen MR) is 106 cm³/mol. The van der Waals surface area contributed by atoms with E-state index in [0.717, 1.165) is 16.5 Å². The highest BCUT2D eigenvalue weighted by Gasteiger charge is 2.18. The lowest BCUT2D eigenvalue weighted by Gasteiger charge is -2.22. The molecule has 25 heavy (non-hydrogen) atoms. The van der Waals surface area contributed by atoms with Gasteiger partial charge >= 0.3 is 6.09 Å². The summed E-state index contributed by atoms with van der Waals surface area (Å²) >= 11 is 9.45. The molecule has 0 saturated heterocycles. The molecule has 0 radical (unpaired) electrons. The van der Waals surface area contributed by atoms with E-state index >= 15 is 0 Å². The van der Waals surface area contributed by atoms with Crippen LogP contribution in [0.3, 0.4) is 0 Å². The third kappa shape index (κ3) is 7.09. The van der Waals surface area contributed by atoms with Crippen molar-refractivity contribution < 1.29 is 9.53 Å². The molecule has 0 aliphatic heterocycles. The maximum Gasteiger partial charge on any atom is 0.407 e. The first kappa shape index (κ1) is 19.8. The molecular weight excluding hydrogens is 402 g/mol. The van der Waals surface area contributed by atoms with Gasteiger partial charge in [-0.05, 0) is 62.6 Å². The van der Waals surface area contributed by atoms with Gasteiger partial charge in [-0.1, -0.05) is 51.8 Å². The van der Waals surface area contributed by atoms with Gasteiger partial charge in [-0.3, -0.25) is 0 Å². The van der Waals surface area contributed by atoms with Gasteiger partial charge < -0.3 is 10.1 Å². The molecule has 3 nitrogen and oxygen atoms in total. The second-order valence-corrected chi connectivity index (χ2v) is 8.31. The van der Waals surface area contributed by atoms with Gasteiger partial charge in [-0.2, -0.15) is 0 Å². The topological polar surface area (TPSA) is 38.3 Å². The van der Waals surface area contributed by atoms with Crippen molar-refractivity contribution in [3.05, 3.63) is 69.2 Å². The van der Waals surface area contributed by atoms with E-state index < -0.39 is 11.7 Å². The molecule has 1 amide bonds. The van der Waals surface area contributed by atoms with Crippen LogP contribution >= 0.6 is 27.5 Å². The van der Waals surface area contributed by atoms with Crippen LogP contribution in [0.4, 0.5) is 4.79 Å². The lowest BCUT2D eigenvalue weighted by Crippen LogP contribution is -2.35. The van der Waals surface area contributed by atoms with Gasteiger partial charge in [0, 0.05) is 22.0 Å². The molecule has 2 rings (SSSR count). The zero-order chi connectivity index (χ0) is 18.4. The van der Waals surface area contributed by atoms with Gasteiger partial charge in [0.2, 0.25) is 0 Å². The largest absolute Gasteiger partial charge is 0.444 e. The van der Waals surface area contributed by atoms with Crippen LogP contribution in [0.15, 0.2) is 53.0 Å². The van der Waals surface area contributed by atoms with E-state index in [1.54, 1.807) is 0 Å². The molecule has 0 aliphatic carbocycles. The average molecular weight is 425 g/mol. The number of halogens is 2. The summed E-state index contributed by atoms with van der Waals surface area (Å²) in [7, 11) is 0. The van der Waals surface area contributed by atoms with Crippen molar-refractivity contribution in [2.75, 3.05) is 6.54 Å². The zero-order valence-electron chi connectivity index (χ0n) is 14.7. The summed E-state index contributed by atoms with van der Waals surface area (Å²) in [4.78, 5) is 12.0. The predicted octanol–water partition coefficient (Wildman–Crippen LogP) is 5.95. The fourth-order valence-electron chi connectivity index (χ4n) is 2.47. The third-order valence-corrected chi connectivity index (χ3v) is 4.41. The molecule has 0 spiro atoms. The van der Waals surface area contributed by atoms with Crippen molar-refractivity contribution in [1.82, 2.24) is 5.32 Å². The number of hydrogen-bond donors (Lipinski definition) is 1. The van der Waals surface area contributed by atoms with Crippen molar-refractivity contribution in [3.63, 3.8) is 0 Å². The highest BCUT2D eigenvalue weighted by Crippen LogP contribution is 2.23. The van der Waals surface area contributed by atoms with Crippen LogP contribution in [0.25, 0.3) is 0 Å². The number of ether oxygens (including phenoxy) is 1. The molecule has 0 aliphatic rings. The third-order valence-electron chi connectivity index (χ3n) is 3.63. The molecule has 0 aromatic heterocycles. The molecule has 2 aromatic carbocycles. The summed E-state index contributed by atoms with van der Waals surface area (Å²) in [5.41, 5.74) is 1.82. The molecular formula is C20H23BrClNO2. The monoisotopic (exact) mass is 423 g/mol. The van der Waals surface area contributed by atoms with E-state index in [0.29, 0.717) is 11.6 Å². The Morgan fingerprint density at radius 2 is 1.72 bits per heavy atom. The molecule has 0 unspecified atom stereocenters. The molecule has 0 heterocycles. The van der Waals surface area contributed by atoms with Crippen LogP contribution in [0, 0.1) is 0 Å². The Kier molecular flexibility index (Phi) is 6.91. The Bertz CT molecular complexity index is 693. The maximum absolute atomic E-state index is 12.0. The van der Waals surface area contributed by atoms with Crippen molar-refractivity contribution in [2.24, 2.45) is 0 Å². The molecule has 5 heteroatoms. The summed E-state index contributed by atoms with van der Waals surface area (Å²) in [6.07, 6.45) is 0.410. The second-order valence-electron chi connectivity index (χ2n) is 6.96. The molecule has 134 valence electrons. The van der Waals surface area contributed by atoms with Gasteiger partial charge in [-0.15, -0.1) is 0 Å². The van der Waals surface area contributed by atoms with Gasteiger partial charge in [-0.25, -0.2) is 4.79 Å². The SMILES string of the molecule is CC(C)(C)OC(=O)NC[C@H](Cc1ccc(Br)cc1)c1ccc(Cl)cc1. The van der Waals surface area contributed by atoms with Gasteiger partial charge in [0.25, 0.3) is 0 Å². The number of benzene rings is 2. The number of rotatable bonds is 5. The van der Waals surface area contributed by atoms with E-state index in [9.17, 15) is 4.79 Å². The maximum atomic E-state index is 12.0. The van der Waals surface area contributed by atoms with Crippen molar-refractivity contribution in [2.45, 2.75) is 38.7 Å². The summed E-state index contributed by atoms with van der Waals surface area (Å²) in [6, 6.07) is 16.0. The Balaban J connectivity index is 2.10. The number of hydrogen-bond acceptors (Lipinski definition) is 2.